The molecule has 200 valence electrons. The predicted molar refractivity (Wildman–Crippen MR) is 137 cm³/mol. The van der Waals surface area contributed by atoms with Gasteiger partial charge in [0.1, 0.15) is 5.76 Å². The Morgan fingerprint density at radius 3 is 2.79 bits per heavy atom. The number of hydrogen-bond acceptors (Lipinski definition) is 8. The number of ether oxygens (including phenoxy) is 3. The summed E-state index contributed by atoms with van der Waals surface area (Å²) in [5.41, 5.74) is 0.741. The lowest BCUT2D eigenvalue weighted by Crippen LogP contribution is -2.74. The van der Waals surface area contributed by atoms with Crippen molar-refractivity contribution in [2.45, 2.75) is 54.9 Å². The Morgan fingerprint density at radius 1 is 1.24 bits per heavy atom. The van der Waals surface area contributed by atoms with Crippen molar-refractivity contribution in [2.24, 2.45) is 0 Å². The number of amides is 1. The molecule has 4 aliphatic rings. The smallest absolute Gasteiger partial charge is 0.312 e. The number of aliphatic hydroxyl groups excluding tert-OH is 1. The minimum Gasteiger partial charge on any atom is -0.493 e. The molecule has 6 rings (SSSR count). The molecule has 2 aromatic rings. The Balaban J connectivity index is 1.20. The van der Waals surface area contributed by atoms with Gasteiger partial charge >= 0.3 is 5.97 Å². The molecule has 0 saturated carbocycles. The number of methoxy groups -OCH3 is 1. The van der Waals surface area contributed by atoms with E-state index in [9.17, 15) is 19.8 Å². The van der Waals surface area contributed by atoms with Gasteiger partial charge in [-0.1, -0.05) is 36.4 Å². The number of esters is 1. The van der Waals surface area contributed by atoms with Gasteiger partial charge in [-0.05, 0) is 49.7 Å². The Bertz CT molecular complexity index is 1310. The van der Waals surface area contributed by atoms with E-state index >= 15 is 0 Å². The molecule has 9 nitrogen and oxygen atoms in total. The average Bonchev–Trinajstić information content (AvgIpc) is 3.28. The third-order valence-corrected chi connectivity index (χ3v) is 8.78. The van der Waals surface area contributed by atoms with Crippen LogP contribution in [0.4, 0.5) is 0 Å². The first-order chi connectivity index (χ1) is 18.3. The Labute approximate surface area is 221 Å². The van der Waals surface area contributed by atoms with Crippen LogP contribution in [0.2, 0.25) is 0 Å². The molecule has 2 heterocycles. The van der Waals surface area contributed by atoms with E-state index in [4.69, 9.17) is 14.2 Å². The molecule has 2 aromatic carbocycles. The molecule has 0 aromatic heterocycles. The van der Waals surface area contributed by atoms with Crippen LogP contribution >= 0.6 is 0 Å². The average molecular weight is 521 g/mol. The van der Waals surface area contributed by atoms with E-state index in [-0.39, 0.29) is 19.0 Å². The van der Waals surface area contributed by atoms with Crippen molar-refractivity contribution in [3.63, 3.8) is 0 Å². The quantitative estimate of drug-likeness (QED) is 0.473. The van der Waals surface area contributed by atoms with Crippen LogP contribution in [0, 0.1) is 0 Å². The molecule has 2 aliphatic heterocycles. The van der Waals surface area contributed by atoms with Crippen molar-refractivity contribution < 1.29 is 34.0 Å². The maximum Gasteiger partial charge on any atom is 0.312 e. The van der Waals surface area contributed by atoms with Gasteiger partial charge in [-0.15, -0.1) is 0 Å². The van der Waals surface area contributed by atoms with E-state index in [1.807, 2.05) is 19.2 Å². The molecule has 2 unspecified atom stereocenters. The molecule has 1 spiro atoms. The number of carbonyl (C=O) groups excluding carboxylic acids is 2. The topological polar surface area (TPSA) is 118 Å². The van der Waals surface area contributed by atoms with Gasteiger partial charge in [0, 0.05) is 24.6 Å². The number of hydrogen-bond donors (Lipinski definition) is 3. The van der Waals surface area contributed by atoms with Gasteiger partial charge in [-0.2, -0.15) is 0 Å². The Morgan fingerprint density at radius 2 is 2.03 bits per heavy atom. The minimum absolute atomic E-state index is 0.0144. The number of nitrogens with zero attached hydrogens (tertiary/aromatic N) is 1. The molecule has 5 atom stereocenters. The first-order valence-electron chi connectivity index (χ1n) is 13.0. The first-order valence-corrected chi connectivity index (χ1v) is 13.0. The fourth-order valence-corrected chi connectivity index (χ4v) is 6.94. The zero-order valence-corrected chi connectivity index (χ0v) is 21.5. The largest absolute Gasteiger partial charge is 0.493 e. The van der Waals surface area contributed by atoms with Gasteiger partial charge in [-0.3, -0.25) is 9.59 Å². The maximum absolute atomic E-state index is 12.9. The maximum atomic E-state index is 12.9. The lowest BCUT2D eigenvalue weighted by molar-refractivity contribution is -0.169. The van der Waals surface area contributed by atoms with Crippen molar-refractivity contribution in [3.8, 4) is 11.5 Å². The summed E-state index contributed by atoms with van der Waals surface area (Å²) in [6, 6.07) is 12.4. The van der Waals surface area contributed by atoms with Crippen LogP contribution in [0.25, 0.3) is 0 Å². The third-order valence-electron chi connectivity index (χ3n) is 8.78. The number of carbonyl (C=O) groups is 2. The SMILES string of the molecule is COc1ccc2c3c1OC1C(OC(=O)CCNC(=O)[C@@H](O)c4ccccc4)=CC[C@@]4(O)[C@@H](C2)N(C)CCC314. The van der Waals surface area contributed by atoms with E-state index in [0.717, 1.165) is 17.7 Å². The summed E-state index contributed by atoms with van der Waals surface area (Å²) in [6.45, 7) is 0.792. The highest BCUT2D eigenvalue weighted by molar-refractivity contribution is 5.82. The normalized spacial score (nSPS) is 29.4. The van der Waals surface area contributed by atoms with E-state index in [0.29, 0.717) is 42.1 Å². The number of piperidine rings is 1. The van der Waals surface area contributed by atoms with Gasteiger partial charge in [-0.25, -0.2) is 0 Å². The fourth-order valence-electron chi connectivity index (χ4n) is 6.94. The number of likely N-dealkylation sites (tertiary alicyclic amines) is 1. The van der Waals surface area contributed by atoms with Gasteiger partial charge in [0.25, 0.3) is 5.91 Å². The van der Waals surface area contributed by atoms with Crippen molar-refractivity contribution in [2.75, 3.05) is 27.2 Å². The number of likely N-dealkylation sites (N-methyl/N-ethyl adjacent to an activating group) is 1. The summed E-state index contributed by atoms with van der Waals surface area (Å²) in [4.78, 5) is 27.4. The molecular formula is C29H32N2O7. The predicted octanol–water partition coefficient (Wildman–Crippen LogP) is 1.76. The number of nitrogens with one attached hydrogen (secondary N) is 1. The number of rotatable bonds is 7. The van der Waals surface area contributed by atoms with Gasteiger partial charge in [0.2, 0.25) is 0 Å². The zero-order valence-electron chi connectivity index (χ0n) is 21.5. The summed E-state index contributed by atoms with van der Waals surface area (Å²) in [5, 5.41) is 25.1. The summed E-state index contributed by atoms with van der Waals surface area (Å²) >= 11 is 0. The van der Waals surface area contributed by atoms with Crippen LogP contribution in [0.5, 0.6) is 11.5 Å². The second-order valence-electron chi connectivity index (χ2n) is 10.6. The van der Waals surface area contributed by atoms with E-state index in [1.54, 1.807) is 43.5 Å². The van der Waals surface area contributed by atoms with Crippen molar-refractivity contribution in [1.29, 1.82) is 0 Å². The molecule has 2 bridgehead atoms. The summed E-state index contributed by atoms with van der Waals surface area (Å²) in [5.74, 6) is 0.475. The van der Waals surface area contributed by atoms with Crippen LogP contribution < -0.4 is 14.8 Å². The van der Waals surface area contributed by atoms with E-state index in [2.05, 4.69) is 10.2 Å². The Hall–Kier alpha value is -3.40. The molecule has 1 amide bonds. The monoisotopic (exact) mass is 520 g/mol. The lowest BCUT2D eigenvalue weighted by Gasteiger charge is -2.61. The molecule has 1 saturated heterocycles. The molecule has 3 N–H and O–H groups in total. The highest BCUT2D eigenvalue weighted by Crippen LogP contribution is 2.65. The van der Waals surface area contributed by atoms with Gasteiger partial charge < -0.3 is 34.6 Å². The van der Waals surface area contributed by atoms with Crippen LogP contribution in [-0.2, 0) is 26.2 Å². The summed E-state index contributed by atoms with van der Waals surface area (Å²) in [6.07, 6.45) is 1.39. The Kier molecular flexibility index (Phi) is 5.97. The van der Waals surface area contributed by atoms with E-state index in [1.165, 1.54) is 0 Å². The number of benzene rings is 2. The van der Waals surface area contributed by atoms with Crippen LogP contribution in [0.1, 0.15) is 42.1 Å². The van der Waals surface area contributed by atoms with Crippen LogP contribution in [0.3, 0.4) is 0 Å². The molecule has 2 aliphatic carbocycles. The lowest BCUT2D eigenvalue weighted by atomic mass is 9.50. The van der Waals surface area contributed by atoms with Gasteiger partial charge in [0.05, 0.1) is 24.5 Å². The molecule has 0 radical (unpaired) electrons. The standard InChI is InChI=1S/C29H32N2O7/c1-31-15-13-28-23-18-8-9-19(36-2)25(23)38-26(28)20(10-12-29(28,35)21(31)16-18)37-22(32)11-14-30-27(34)24(33)17-6-4-3-5-7-17/h3-10,21,24,26,33,35H,11-16H2,1-2H3,(H,30,34)/t21-,24+,26?,28?,29-/m1/s1. The highest BCUT2D eigenvalue weighted by Gasteiger charge is 2.72. The summed E-state index contributed by atoms with van der Waals surface area (Å²) in [7, 11) is 3.63. The fraction of sp³-hybridized carbons (Fsp3) is 0.448. The molecule has 38 heavy (non-hydrogen) atoms. The molecule has 9 heteroatoms. The van der Waals surface area contributed by atoms with E-state index < -0.39 is 35.1 Å². The molecular weight excluding hydrogens is 488 g/mol. The molecule has 1 fully saturated rings. The third kappa shape index (κ3) is 3.49. The van der Waals surface area contributed by atoms with Crippen molar-refractivity contribution in [1.82, 2.24) is 10.2 Å². The highest BCUT2D eigenvalue weighted by atomic mass is 16.6. The second-order valence-corrected chi connectivity index (χ2v) is 10.6. The number of aliphatic hydroxyl groups is 2. The van der Waals surface area contributed by atoms with Gasteiger partial charge in [0.15, 0.2) is 23.7 Å². The zero-order chi connectivity index (χ0) is 26.7. The van der Waals surface area contributed by atoms with Crippen molar-refractivity contribution >= 4 is 11.9 Å². The van der Waals surface area contributed by atoms with Crippen LogP contribution in [0.15, 0.2) is 54.3 Å². The second kappa shape index (κ2) is 9.11. The van der Waals surface area contributed by atoms with Crippen LogP contribution in [-0.4, -0.2) is 72.0 Å². The summed E-state index contributed by atoms with van der Waals surface area (Å²) < 4.78 is 17.9. The first kappa shape index (κ1) is 24.9. The minimum atomic E-state index is -1.32. The van der Waals surface area contributed by atoms with Crippen molar-refractivity contribution in [3.05, 3.63) is 71.0 Å².